The van der Waals surface area contributed by atoms with Gasteiger partial charge >= 0.3 is 0 Å². The average Bonchev–Trinajstić information content (AvgIpc) is 2.57. The van der Waals surface area contributed by atoms with Crippen LogP contribution in [0, 0.1) is 19.7 Å². The smallest absolute Gasteiger partial charge is 0.243 e. The van der Waals surface area contributed by atoms with E-state index < -0.39 is 10.0 Å². The van der Waals surface area contributed by atoms with E-state index in [1.165, 1.54) is 11.0 Å². The molecule has 1 N–H and O–H groups in total. The fraction of sp³-hybridized carbons (Fsp3) is 0.368. The van der Waals surface area contributed by atoms with Gasteiger partial charge in [0.15, 0.2) is 0 Å². The van der Waals surface area contributed by atoms with Crippen LogP contribution in [0.15, 0.2) is 47.4 Å². The second-order valence-corrected chi connectivity index (χ2v) is 8.64. The molecule has 0 saturated carbocycles. The van der Waals surface area contributed by atoms with Crippen molar-refractivity contribution in [3.05, 3.63) is 65.0 Å². The highest BCUT2D eigenvalue weighted by molar-refractivity contribution is 7.89. The van der Waals surface area contributed by atoms with Gasteiger partial charge in [0.05, 0.1) is 31.1 Å². The molecule has 0 radical (unpaired) electrons. The molecule has 0 atom stereocenters. The number of benzene rings is 2. The summed E-state index contributed by atoms with van der Waals surface area (Å²) in [6.45, 7) is 6.87. The standard InChI is InChI=1S/C19H23FN2O2S/c1-15-6-7-16(2)19(12-15)25(23,24)22-10-8-21(9-11-22)14-17-4-3-5-18(20)13-17/h3-7,12-13H,8-11,14H2,1-2H3/p+1. The molecule has 0 unspecified atom stereocenters. The van der Waals surface area contributed by atoms with Gasteiger partial charge in [-0.3, -0.25) is 0 Å². The summed E-state index contributed by atoms with van der Waals surface area (Å²) in [5, 5.41) is 0. The Labute approximate surface area is 148 Å². The molecule has 0 aliphatic carbocycles. The Balaban J connectivity index is 1.68. The summed E-state index contributed by atoms with van der Waals surface area (Å²) in [6.07, 6.45) is 0. The van der Waals surface area contributed by atoms with Crippen molar-refractivity contribution >= 4 is 10.0 Å². The van der Waals surface area contributed by atoms with Crippen LogP contribution >= 0.6 is 0 Å². The third-order valence-corrected chi connectivity index (χ3v) is 6.77. The highest BCUT2D eigenvalue weighted by atomic mass is 32.2. The number of rotatable bonds is 4. The number of piperazine rings is 1. The Bertz CT molecular complexity index is 859. The second-order valence-electron chi connectivity index (χ2n) is 6.73. The molecule has 1 fully saturated rings. The molecule has 0 spiro atoms. The highest BCUT2D eigenvalue weighted by Gasteiger charge is 2.31. The topological polar surface area (TPSA) is 41.8 Å². The molecular weight excluding hydrogens is 339 g/mol. The van der Waals surface area contributed by atoms with Crippen molar-refractivity contribution < 1.29 is 17.7 Å². The molecule has 25 heavy (non-hydrogen) atoms. The van der Waals surface area contributed by atoms with Gasteiger partial charge in [0.25, 0.3) is 0 Å². The van der Waals surface area contributed by atoms with Crippen molar-refractivity contribution in [2.24, 2.45) is 0 Å². The maximum atomic E-state index is 13.3. The van der Waals surface area contributed by atoms with E-state index in [4.69, 9.17) is 0 Å². The lowest BCUT2D eigenvalue weighted by atomic mass is 10.2. The van der Waals surface area contributed by atoms with E-state index in [1.54, 1.807) is 22.5 Å². The van der Waals surface area contributed by atoms with Crippen LogP contribution in [0.25, 0.3) is 0 Å². The second kappa shape index (κ2) is 7.23. The molecule has 1 aliphatic heterocycles. The first-order valence-electron chi connectivity index (χ1n) is 8.52. The zero-order valence-corrected chi connectivity index (χ0v) is 15.4. The van der Waals surface area contributed by atoms with Crippen molar-refractivity contribution in [2.45, 2.75) is 25.3 Å². The summed E-state index contributed by atoms with van der Waals surface area (Å²) < 4.78 is 40.7. The van der Waals surface area contributed by atoms with Crippen LogP contribution in [0.4, 0.5) is 4.39 Å². The SMILES string of the molecule is Cc1ccc(C)c(S(=O)(=O)N2CC[NH+](Cc3cccc(F)c3)CC2)c1. The Kier molecular flexibility index (Phi) is 5.22. The number of hydrogen-bond donors (Lipinski definition) is 1. The van der Waals surface area contributed by atoms with E-state index in [1.807, 2.05) is 32.0 Å². The van der Waals surface area contributed by atoms with Gasteiger partial charge in [0, 0.05) is 5.56 Å². The molecule has 2 aromatic rings. The summed E-state index contributed by atoms with van der Waals surface area (Å²) in [5.74, 6) is -0.229. The third-order valence-electron chi connectivity index (χ3n) is 4.73. The van der Waals surface area contributed by atoms with Crippen LogP contribution in [0.2, 0.25) is 0 Å². The molecule has 1 saturated heterocycles. The zero-order chi connectivity index (χ0) is 18.0. The van der Waals surface area contributed by atoms with Crippen LogP contribution in [0.1, 0.15) is 16.7 Å². The van der Waals surface area contributed by atoms with Crippen LogP contribution in [-0.4, -0.2) is 38.9 Å². The summed E-state index contributed by atoms with van der Waals surface area (Å²) in [5.41, 5.74) is 2.67. The molecule has 3 rings (SSSR count). The predicted molar refractivity (Wildman–Crippen MR) is 95.5 cm³/mol. The Morgan fingerprint density at radius 2 is 1.80 bits per heavy atom. The van der Waals surface area contributed by atoms with E-state index >= 15 is 0 Å². The lowest BCUT2D eigenvalue weighted by Crippen LogP contribution is -3.13. The van der Waals surface area contributed by atoms with Crippen molar-refractivity contribution in [2.75, 3.05) is 26.2 Å². The van der Waals surface area contributed by atoms with Gasteiger partial charge in [-0.15, -0.1) is 0 Å². The molecule has 4 nitrogen and oxygen atoms in total. The Hall–Kier alpha value is -1.76. The minimum atomic E-state index is -3.46. The van der Waals surface area contributed by atoms with Crippen molar-refractivity contribution in [3.8, 4) is 0 Å². The molecule has 134 valence electrons. The highest BCUT2D eigenvalue weighted by Crippen LogP contribution is 2.21. The zero-order valence-electron chi connectivity index (χ0n) is 14.6. The number of nitrogens with zero attached hydrogens (tertiary/aromatic N) is 1. The largest absolute Gasteiger partial charge is 0.329 e. The first-order valence-corrected chi connectivity index (χ1v) is 9.96. The van der Waals surface area contributed by atoms with Gasteiger partial charge in [-0.2, -0.15) is 4.31 Å². The van der Waals surface area contributed by atoms with Crippen LogP contribution < -0.4 is 4.90 Å². The van der Waals surface area contributed by atoms with Crippen LogP contribution in [0.3, 0.4) is 0 Å². The summed E-state index contributed by atoms with van der Waals surface area (Å²) >= 11 is 0. The average molecular weight is 363 g/mol. The third kappa shape index (κ3) is 4.08. The predicted octanol–water partition coefficient (Wildman–Crippen LogP) is 1.53. The van der Waals surface area contributed by atoms with E-state index in [9.17, 15) is 12.8 Å². The molecule has 6 heteroatoms. The molecule has 0 amide bonds. The molecule has 1 aliphatic rings. The minimum Gasteiger partial charge on any atom is -0.329 e. The quantitative estimate of drug-likeness (QED) is 0.895. The van der Waals surface area contributed by atoms with E-state index in [0.29, 0.717) is 18.0 Å². The lowest BCUT2D eigenvalue weighted by Gasteiger charge is -2.32. The van der Waals surface area contributed by atoms with Gasteiger partial charge in [0.1, 0.15) is 12.4 Å². The normalized spacial score (nSPS) is 16.9. The summed E-state index contributed by atoms with van der Waals surface area (Å²) in [6, 6.07) is 12.1. The molecule has 1 heterocycles. The van der Waals surface area contributed by atoms with Gasteiger partial charge in [0.2, 0.25) is 10.0 Å². The minimum absolute atomic E-state index is 0.229. The van der Waals surface area contributed by atoms with Crippen molar-refractivity contribution in [1.82, 2.24) is 4.31 Å². The number of halogens is 1. The maximum Gasteiger partial charge on any atom is 0.243 e. The Morgan fingerprint density at radius 1 is 1.08 bits per heavy atom. The van der Waals surface area contributed by atoms with Crippen LogP contribution in [0.5, 0.6) is 0 Å². The van der Waals surface area contributed by atoms with E-state index in [2.05, 4.69) is 0 Å². The monoisotopic (exact) mass is 363 g/mol. The van der Waals surface area contributed by atoms with Gasteiger partial charge < -0.3 is 4.90 Å². The number of sulfonamides is 1. The molecule has 0 bridgehead atoms. The van der Waals surface area contributed by atoms with E-state index in [-0.39, 0.29) is 5.82 Å². The summed E-state index contributed by atoms with van der Waals surface area (Å²) in [7, 11) is -3.46. The molecule has 0 aromatic heterocycles. The maximum absolute atomic E-state index is 13.3. The number of nitrogens with one attached hydrogen (secondary N) is 1. The fourth-order valence-corrected chi connectivity index (χ4v) is 5.03. The fourth-order valence-electron chi connectivity index (χ4n) is 3.28. The summed E-state index contributed by atoms with van der Waals surface area (Å²) in [4.78, 5) is 1.68. The number of quaternary nitrogens is 1. The lowest BCUT2D eigenvalue weighted by molar-refractivity contribution is -0.917. The van der Waals surface area contributed by atoms with Gasteiger partial charge in [-0.25, -0.2) is 12.8 Å². The van der Waals surface area contributed by atoms with E-state index in [0.717, 1.165) is 36.3 Å². The first-order chi connectivity index (χ1) is 11.9. The number of hydrogen-bond acceptors (Lipinski definition) is 2. The Morgan fingerprint density at radius 3 is 2.48 bits per heavy atom. The van der Waals surface area contributed by atoms with Crippen LogP contribution in [-0.2, 0) is 16.6 Å². The molecular formula is C19H24FN2O2S+. The molecule has 2 aromatic carbocycles. The van der Waals surface area contributed by atoms with Gasteiger partial charge in [-0.1, -0.05) is 24.3 Å². The first kappa shape index (κ1) is 18.0. The number of aryl methyl sites for hydroxylation is 2. The van der Waals surface area contributed by atoms with Crippen molar-refractivity contribution in [3.63, 3.8) is 0 Å². The van der Waals surface area contributed by atoms with Gasteiger partial charge in [-0.05, 0) is 43.2 Å². The van der Waals surface area contributed by atoms with Crippen molar-refractivity contribution in [1.29, 1.82) is 0 Å².